The van der Waals surface area contributed by atoms with Crippen molar-refractivity contribution in [2.45, 2.75) is 58.0 Å². The largest absolute Gasteiger partial charge is 0.476 e. The van der Waals surface area contributed by atoms with Crippen LogP contribution in [-0.4, -0.2) is 62.1 Å². The molecule has 0 bridgehead atoms. The standard InChI is InChI=1S/C18H28N6O3S/c1-4-23-11-14(17(22-23)26-6-3)16-20-21-18(24(16)5-2)28-12-15(25)19-10-13-8-7-9-27-13/h11,13H,4-10,12H2,1-3H3,(H,19,25). The molecule has 1 aliphatic rings. The fourth-order valence-electron chi connectivity index (χ4n) is 3.06. The zero-order valence-corrected chi connectivity index (χ0v) is 17.5. The number of aromatic nitrogens is 5. The van der Waals surface area contributed by atoms with Crippen molar-refractivity contribution in [3.63, 3.8) is 0 Å². The maximum Gasteiger partial charge on any atom is 0.243 e. The quantitative estimate of drug-likeness (QED) is 0.600. The van der Waals surface area contributed by atoms with Gasteiger partial charge in [-0.3, -0.25) is 9.48 Å². The Morgan fingerprint density at radius 3 is 2.89 bits per heavy atom. The minimum atomic E-state index is -0.0264. The van der Waals surface area contributed by atoms with Gasteiger partial charge >= 0.3 is 0 Å². The van der Waals surface area contributed by atoms with Crippen LogP contribution in [0.2, 0.25) is 0 Å². The number of aryl methyl sites for hydroxylation is 1. The van der Waals surface area contributed by atoms with Crippen LogP contribution >= 0.6 is 11.8 Å². The molecule has 3 heterocycles. The molecule has 154 valence electrons. The molecule has 1 aliphatic heterocycles. The van der Waals surface area contributed by atoms with Gasteiger partial charge in [-0.1, -0.05) is 11.8 Å². The Morgan fingerprint density at radius 2 is 2.21 bits per heavy atom. The second kappa shape index (κ2) is 9.92. The predicted molar refractivity (Wildman–Crippen MR) is 106 cm³/mol. The van der Waals surface area contributed by atoms with Crippen LogP contribution in [0.15, 0.2) is 11.4 Å². The Bertz CT molecular complexity index is 784. The van der Waals surface area contributed by atoms with Gasteiger partial charge in [0, 0.05) is 32.4 Å². The summed E-state index contributed by atoms with van der Waals surface area (Å²) in [5, 5.41) is 16.7. The van der Waals surface area contributed by atoms with Gasteiger partial charge in [-0.25, -0.2) is 0 Å². The average Bonchev–Trinajstić information content (AvgIpc) is 3.43. The van der Waals surface area contributed by atoms with Crippen LogP contribution in [0.5, 0.6) is 5.88 Å². The van der Waals surface area contributed by atoms with Gasteiger partial charge in [-0.2, -0.15) is 0 Å². The molecule has 1 amide bonds. The number of thioether (sulfide) groups is 1. The molecule has 0 aromatic carbocycles. The second-order valence-corrected chi connectivity index (χ2v) is 7.36. The number of nitrogens with zero attached hydrogens (tertiary/aromatic N) is 5. The lowest BCUT2D eigenvalue weighted by Gasteiger charge is -2.11. The van der Waals surface area contributed by atoms with E-state index in [4.69, 9.17) is 9.47 Å². The first-order valence-corrected chi connectivity index (χ1v) is 10.8. The highest BCUT2D eigenvalue weighted by Crippen LogP contribution is 2.30. The van der Waals surface area contributed by atoms with E-state index in [0.717, 1.165) is 31.6 Å². The molecule has 3 rings (SSSR count). The molecule has 28 heavy (non-hydrogen) atoms. The van der Waals surface area contributed by atoms with Crippen LogP contribution in [0.4, 0.5) is 0 Å². The number of carbonyl (C=O) groups is 1. The lowest BCUT2D eigenvalue weighted by molar-refractivity contribution is -0.119. The van der Waals surface area contributed by atoms with Crippen molar-refractivity contribution in [2.24, 2.45) is 0 Å². The van der Waals surface area contributed by atoms with Crippen molar-refractivity contribution in [1.29, 1.82) is 0 Å². The first kappa shape index (κ1) is 20.7. The SMILES string of the molecule is CCOc1nn(CC)cc1-c1nnc(SCC(=O)NCC2CCCO2)n1CC. The van der Waals surface area contributed by atoms with Crippen molar-refractivity contribution >= 4 is 17.7 Å². The van der Waals surface area contributed by atoms with Gasteiger partial charge in [0.2, 0.25) is 11.8 Å². The molecule has 9 nitrogen and oxygen atoms in total. The molecule has 0 saturated carbocycles. The lowest BCUT2D eigenvalue weighted by Crippen LogP contribution is -2.32. The van der Waals surface area contributed by atoms with E-state index in [9.17, 15) is 4.79 Å². The van der Waals surface area contributed by atoms with Crippen molar-refractivity contribution in [3.8, 4) is 17.3 Å². The van der Waals surface area contributed by atoms with E-state index in [1.165, 1.54) is 11.8 Å². The molecule has 1 fully saturated rings. The molecule has 1 unspecified atom stereocenters. The lowest BCUT2D eigenvalue weighted by atomic mass is 10.2. The zero-order valence-electron chi connectivity index (χ0n) is 16.7. The van der Waals surface area contributed by atoms with Gasteiger partial charge in [0.1, 0.15) is 5.56 Å². The van der Waals surface area contributed by atoms with E-state index in [0.29, 0.717) is 36.6 Å². The summed E-state index contributed by atoms with van der Waals surface area (Å²) < 4.78 is 15.0. The first-order chi connectivity index (χ1) is 13.7. The number of ether oxygens (including phenoxy) is 2. The second-order valence-electron chi connectivity index (χ2n) is 6.41. The van der Waals surface area contributed by atoms with Crippen LogP contribution in [0.25, 0.3) is 11.4 Å². The molecule has 2 aromatic rings. The maximum absolute atomic E-state index is 12.2. The molecular weight excluding hydrogens is 380 g/mol. The molecule has 0 aliphatic carbocycles. The van der Waals surface area contributed by atoms with E-state index in [-0.39, 0.29) is 17.8 Å². The van der Waals surface area contributed by atoms with E-state index in [1.807, 2.05) is 36.2 Å². The van der Waals surface area contributed by atoms with Crippen LogP contribution in [0.3, 0.4) is 0 Å². The first-order valence-electron chi connectivity index (χ1n) is 9.81. The summed E-state index contributed by atoms with van der Waals surface area (Å²) in [6, 6.07) is 0. The van der Waals surface area contributed by atoms with Gasteiger partial charge in [-0.15, -0.1) is 15.3 Å². The molecule has 1 saturated heterocycles. The van der Waals surface area contributed by atoms with E-state index in [1.54, 1.807) is 0 Å². The summed E-state index contributed by atoms with van der Waals surface area (Å²) in [6.45, 7) is 9.29. The predicted octanol–water partition coefficient (Wildman–Crippen LogP) is 1.97. The third-order valence-corrected chi connectivity index (χ3v) is 5.46. The molecule has 1 atom stereocenters. The highest BCUT2D eigenvalue weighted by Gasteiger charge is 2.21. The summed E-state index contributed by atoms with van der Waals surface area (Å²) in [5.74, 6) is 1.52. The Morgan fingerprint density at radius 1 is 1.36 bits per heavy atom. The van der Waals surface area contributed by atoms with Crippen LogP contribution in [-0.2, 0) is 22.6 Å². The Labute approximate surface area is 169 Å². The Balaban J connectivity index is 1.66. The van der Waals surface area contributed by atoms with Crippen molar-refractivity contribution in [2.75, 3.05) is 25.5 Å². The summed E-state index contributed by atoms with van der Waals surface area (Å²) >= 11 is 1.38. The maximum atomic E-state index is 12.2. The van der Waals surface area contributed by atoms with E-state index in [2.05, 4.69) is 20.6 Å². The third-order valence-electron chi connectivity index (χ3n) is 4.49. The molecular formula is C18H28N6O3S. The summed E-state index contributed by atoms with van der Waals surface area (Å²) in [5.41, 5.74) is 0.813. The number of nitrogens with one attached hydrogen (secondary N) is 1. The smallest absolute Gasteiger partial charge is 0.243 e. The van der Waals surface area contributed by atoms with Gasteiger partial charge in [0.25, 0.3) is 0 Å². The van der Waals surface area contributed by atoms with Crippen LogP contribution in [0, 0.1) is 0 Å². The zero-order chi connectivity index (χ0) is 19.9. The molecule has 2 aromatic heterocycles. The van der Waals surface area contributed by atoms with Gasteiger partial charge in [-0.05, 0) is 33.6 Å². The number of carbonyl (C=O) groups excluding carboxylic acids is 1. The van der Waals surface area contributed by atoms with Gasteiger partial charge < -0.3 is 19.4 Å². The summed E-state index contributed by atoms with van der Waals surface area (Å²) in [4.78, 5) is 12.2. The Hall–Kier alpha value is -2.07. The number of rotatable bonds is 10. The number of amides is 1. The van der Waals surface area contributed by atoms with E-state index >= 15 is 0 Å². The van der Waals surface area contributed by atoms with Gasteiger partial charge in [0.05, 0.1) is 18.5 Å². The Kier molecular flexibility index (Phi) is 7.32. The highest BCUT2D eigenvalue weighted by molar-refractivity contribution is 7.99. The van der Waals surface area contributed by atoms with E-state index < -0.39 is 0 Å². The monoisotopic (exact) mass is 408 g/mol. The third kappa shape index (κ3) is 4.85. The molecule has 1 N–H and O–H groups in total. The number of hydrogen-bond acceptors (Lipinski definition) is 7. The fraction of sp³-hybridized carbons (Fsp3) is 0.667. The molecule has 10 heteroatoms. The highest BCUT2D eigenvalue weighted by atomic mass is 32.2. The normalized spacial score (nSPS) is 16.5. The topological polar surface area (TPSA) is 96.1 Å². The minimum absolute atomic E-state index is 0.0264. The van der Waals surface area contributed by atoms with Crippen molar-refractivity contribution in [3.05, 3.63) is 6.20 Å². The van der Waals surface area contributed by atoms with Gasteiger partial charge in [0.15, 0.2) is 11.0 Å². The molecule has 0 radical (unpaired) electrons. The van der Waals surface area contributed by atoms with Crippen molar-refractivity contribution < 1.29 is 14.3 Å². The van der Waals surface area contributed by atoms with Crippen LogP contribution in [0.1, 0.15) is 33.6 Å². The fourth-order valence-corrected chi connectivity index (χ4v) is 3.89. The summed E-state index contributed by atoms with van der Waals surface area (Å²) in [6.07, 6.45) is 4.14. The average molecular weight is 409 g/mol. The summed E-state index contributed by atoms with van der Waals surface area (Å²) in [7, 11) is 0. The van der Waals surface area contributed by atoms with Crippen LogP contribution < -0.4 is 10.1 Å². The molecule has 0 spiro atoms. The van der Waals surface area contributed by atoms with Crippen molar-refractivity contribution in [1.82, 2.24) is 29.9 Å². The number of hydrogen-bond donors (Lipinski definition) is 1. The minimum Gasteiger partial charge on any atom is -0.476 e.